The number of methoxy groups -OCH3 is 1. The van der Waals surface area contributed by atoms with E-state index < -0.39 is 12.0 Å². The smallest absolute Gasteiger partial charge is 0.325 e. The van der Waals surface area contributed by atoms with Gasteiger partial charge in [0.15, 0.2) is 0 Å². The number of nitrogens with zero attached hydrogens (tertiary/aromatic N) is 1. The van der Waals surface area contributed by atoms with Gasteiger partial charge in [0, 0.05) is 5.56 Å². The van der Waals surface area contributed by atoms with Crippen molar-refractivity contribution in [3.63, 3.8) is 0 Å². The Morgan fingerprint density at radius 2 is 1.80 bits per heavy atom. The number of hydrogen-bond donors (Lipinski definition) is 1. The molecule has 110 valence electrons. The summed E-state index contributed by atoms with van der Waals surface area (Å²) in [5, 5.41) is 9.66. The third kappa shape index (κ3) is 2.96. The zero-order chi connectivity index (χ0) is 14.7. The summed E-state index contributed by atoms with van der Waals surface area (Å²) in [6.07, 6.45) is 3.32. The molecule has 1 unspecified atom stereocenters. The number of carboxylic acids is 1. The van der Waals surface area contributed by atoms with Crippen molar-refractivity contribution in [2.24, 2.45) is 0 Å². The van der Waals surface area contributed by atoms with Crippen molar-refractivity contribution in [2.75, 3.05) is 20.2 Å². The van der Waals surface area contributed by atoms with Gasteiger partial charge in [-0.3, -0.25) is 9.69 Å². The number of aliphatic carboxylic acids is 1. The number of carboxylic acid groups (broad SMARTS) is 1. The van der Waals surface area contributed by atoms with Crippen LogP contribution in [0.5, 0.6) is 5.75 Å². The Balaban J connectivity index is 2.42. The van der Waals surface area contributed by atoms with Crippen molar-refractivity contribution in [3.05, 3.63) is 28.8 Å². The van der Waals surface area contributed by atoms with Crippen LogP contribution >= 0.6 is 0 Å². The average Bonchev–Trinajstić information content (AvgIpc) is 2.43. The lowest BCUT2D eigenvalue weighted by atomic mass is 9.97. The van der Waals surface area contributed by atoms with E-state index in [9.17, 15) is 9.90 Å². The number of ether oxygens (including phenoxy) is 1. The second-order valence-electron chi connectivity index (χ2n) is 5.52. The molecule has 0 bridgehead atoms. The van der Waals surface area contributed by atoms with Crippen LogP contribution in [0.2, 0.25) is 0 Å². The molecule has 4 nitrogen and oxygen atoms in total. The van der Waals surface area contributed by atoms with E-state index in [0.717, 1.165) is 42.6 Å². The molecule has 0 amide bonds. The molecule has 1 saturated heterocycles. The minimum atomic E-state index is -0.798. The maximum absolute atomic E-state index is 11.8. The highest BCUT2D eigenvalue weighted by Gasteiger charge is 2.31. The Labute approximate surface area is 120 Å². The van der Waals surface area contributed by atoms with E-state index >= 15 is 0 Å². The number of hydrogen-bond acceptors (Lipinski definition) is 3. The quantitative estimate of drug-likeness (QED) is 0.919. The van der Waals surface area contributed by atoms with Crippen molar-refractivity contribution in [2.45, 2.75) is 39.2 Å². The first-order valence-electron chi connectivity index (χ1n) is 7.16. The van der Waals surface area contributed by atoms with Crippen molar-refractivity contribution >= 4 is 5.97 Å². The lowest BCUT2D eigenvalue weighted by molar-refractivity contribution is -0.144. The molecule has 1 aromatic rings. The minimum absolute atomic E-state index is 0.607. The topological polar surface area (TPSA) is 49.8 Å². The van der Waals surface area contributed by atoms with Crippen LogP contribution in [0.4, 0.5) is 0 Å². The lowest BCUT2D eigenvalue weighted by Gasteiger charge is -2.33. The highest BCUT2D eigenvalue weighted by atomic mass is 16.5. The predicted octanol–water partition coefficient (Wildman–Crippen LogP) is 2.92. The Morgan fingerprint density at radius 1 is 1.20 bits per heavy atom. The normalized spacial score (nSPS) is 17.8. The van der Waals surface area contributed by atoms with Crippen LogP contribution in [-0.4, -0.2) is 36.2 Å². The Morgan fingerprint density at radius 3 is 2.35 bits per heavy atom. The molecule has 0 saturated carbocycles. The van der Waals surface area contributed by atoms with Crippen molar-refractivity contribution in [1.82, 2.24) is 4.90 Å². The van der Waals surface area contributed by atoms with E-state index in [1.807, 2.05) is 26.0 Å². The second kappa shape index (κ2) is 6.27. The number of piperidine rings is 1. The molecule has 0 aromatic heterocycles. The van der Waals surface area contributed by atoms with Gasteiger partial charge in [-0.2, -0.15) is 0 Å². The highest BCUT2D eigenvalue weighted by Crippen LogP contribution is 2.33. The number of aryl methyl sites for hydroxylation is 2. The van der Waals surface area contributed by atoms with Gasteiger partial charge in [-0.25, -0.2) is 0 Å². The molecule has 1 atom stereocenters. The Hall–Kier alpha value is -1.55. The molecule has 0 radical (unpaired) electrons. The van der Waals surface area contributed by atoms with E-state index in [0.29, 0.717) is 5.75 Å². The van der Waals surface area contributed by atoms with Gasteiger partial charge in [-0.15, -0.1) is 0 Å². The van der Waals surface area contributed by atoms with Gasteiger partial charge in [0.25, 0.3) is 0 Å². The maximum atomic E-state index is 11.8. The van der Waals surface area contributed by atoms with E-state index in [1.54, 1.807) is 7.11 Å². The van der Waals surface area contributed by atoms with Crippen LogP contribution in [0, 0.1) is 13.8 Å². The Kier molecular flexibility index (Phi) is 4.65. The molecule has 0 aliphatic carbocycles. The standard InChI is InChI=1S/C16H23NO3/c1-11-9-13(14(20-3)10-12(11)2)15(16(18)19)17-7-5-4-6-8-17/h9-10,15H,4-8H2,1-3H3,(H,18,19). The first-order chi connectivity index (χ1) is 9.54. The lowest BCUT2D eigenvalue weighted by Crippen LogP contribution is -2.38. The molecule has 1 heterocycles. The van der Waals surface area contributed by atoms with Crippen LogP contribution in [0.25, 0.3) is 0 Å². The average molecular weight is 277 g/mol. The SMILES string of the molecule is COc1cc(C)c(C)cc1C(C(=O)O)N1CCCCC1. The summed E-state index contributed by atoms with van der Waals surface area (Å²) in [7, 11) is 1.60. The zero-order valence-corrected chi connectivity index (χ0v) is 12.5. The van der Waals surface area contributed by atoms with E-state index in [-0.39, 0.29) is 0 Å². The van der Waals surface area contributed by atoms with Crippen molar-refractivity contribution in [3.8, 4) is 5.75 Å². The fourth-order valence-corrected chi connectivity index (χ4v) is 2.86. The van der Waals surface area contributed by atoms with Crippen molar-refractivity contribution < 1.29 is 14.6 Å². The summed E-state index contributed by atoms with van der Waals surface area (Å²) in [4.78, 5) is 13.8. The van der Waals surface area contributed by atoms with Gasteiger partial charge in [0.1, 0.15) is 11.8 Å². The molecule has 1 fully saturated rings. The Bertz CT molecular complexity index is 493. The monoisotopic (exact) mass is 277 g/mol. The van der Waals surface area contributed by atoms with Crippen LogP contribution in [0.1, 0.15) is 42.0 Å². The largest absolute Gasteiger partial charge is 0.496 e. The first-order valence-corrected chi connectivity index (χ1v) is 7.16. The fourth-order valence-electron chi connectivity index (χ4n) is 2.86. The maximum Gasteiger partial charge on any atom is 0.325 e. The molecule has 20 heavy (non-hydrogen) atoms. The molecule has 0 spiro atoms. The second-order valence-corrected chi connectivity index (χ2v) is 5.52. The van der Waals surface area contributed by atoms with Gasteiger partial charge in [0.2, 0.25) is 0 Å². The predicted molar refractivity (Wildman–Crippen MR) is 78.3 cm³/mol. The number of benzene rings is 1. The van der Waals surface area contributed by atoms with Gasteiger partial charge in [0.05, 0.1) is 7.11 Å². The molecular weight excluding hydrogens is 254 g/mol. The van der Waals surface area contributed by atoms with Gasteiger partial charge in [-0.05, 0) is 63.0 Å². The van der Waals surface area contributed by atoms with E-state index in [2.05, 4.69) is 4.90 Å². The van der Waals surface area contributed by atoms with Crippen LogP contribution in [-0.2, 0) is 4.79 Å². The molecule has 1 N–H and O–H groups in total. The third-order valence-electron chi connectivity index (χ3n) is 4.13. The van der Waals surface area contributed by atoms with Crippen molar-refractivity contribution in [1.29, 1.82) is 0 Å². The number of likely N-dealkylation sites (tertiary alicyclic amines) is 1. The zero-order valence-electron chi connectivity index (χ0n) is 12.5. The summed E-state index contributed by atoms with van der Waals surface area (Å²) >= 11 is 0. The minimum Gasteiger partial charge on any atom is -0.496 e. The van der Waals surface area contributed by atoms with E-state index in [4.69, 9.17) is 4.74 Å². The summed E-state index contributed by atoms with van der Waals surface area (Å²) < 4.78 is 5.41. The molecule has 2 rings (SSSR count). The molecule has 1 aromatic carbocycles. The van der Waals surface area contributed by atoms with Crippen LogP contribution < -0.4 is 4.74 Å². The molecule has 1 aliphatic rings. The molecule has 4 heteroatoms. The van der Waals surface area contributed by atoms with Gasteiger partial charge < -0.3 is 9.84 Å². The highest BCUT2D eigenvalue weighted by molar-refractivity contribution is 5.77. The summed E-state index contributed by atoms with van der Waals surface area (Å²) in [6, 6.07) is 3.29. The van der Waals surface area contributed by atoms with Crippen LogP contribution in [0.3, 0.4) is 0 Å². The van der Waals surface area contributed by atoms with Crippen LogP contribution in [0.15, 0.2) is 12.1 Å². The number of carbonyl (C=O) groups is 1. The summed E-state index contributed by atoms with van der Waals surface area (Å²) in [5.74, 6) is -0.125. The summed E-state index contributed by atoms with van der Waals surface area (Å²) in [6.45, 7) is 5.70. The fraction of sp³-hybridized carbons (Fsp3) is 0.562. The van der Waals surface area contributed by atoms with Gasteiger partial charge in [-0.1, -0.05) is 6.42 Å². The van der Waals surface area contributed by atoms with Gasteiger partial charge >= 0.3 is 5.97 Å². The number of rotatable bonds is 4. The molecular formula is C16H23NO3. The first kappa shape index (κ1) is 14.9. The third-order valence-corrected chi connectivity index (χ3v) is 4.13. The summed E-state index contributed by atoms with van der Waals surface area (Å²) in [5.41, 5.74) is 2.99. The molecule has 1 aliphatic heterocycles. The van der Waals surface area contributed by atoms with E-state index in [1.165, 1.54) is 6.42 Å².